The van der Waals surface area contributed by atoms with Crippen molar-refractivity contribution in [3.8, 4) is 0 Å². The first-order valence-corrected chi connectivity index (χ1v) is 8.14. The molecule has 1 fully saturated rings. The van der Waals surface area contributed by atoms with E-state index in [4.69, 9.17) is 0 Å². The second-order valence-electron chi connectivity index (χ2n) is 6.66. The smallest absolute Gasteiger partial charge is 0.239 e. The molecule has 1 aliphatic carbocycles. The van der Waals surface area contributed by atoms with E-state index < -0.39 is 6.10 Å². The average Bonchev–Trinajstić information content (AvgIpc) is 3.17. The summed E-state index contributed by atoms with van der Waals surface area (Å²) in [5.41, 5.74) is 0. The predicted molar refractivity (Wildman–Crippen MR) is 86.7 cm³/mol. The maximum absolute atomic E-state index is 12.3. The van der Waals surface area contributed by atoms with E-state index in [1.807, 2.05) is 29.5 Å². The second kappa shape index (κ2) is 7.24. The normalized spacial score (nSPS) is 17.8. The van der Waals surface area contributed by atoms with Crippen LogP contribution in [-0.4, -0.2) is 50.9 Å². The van der Waals surface area contributed by atoms with E-state index in [2.05, 4.69) is 17.3 Å². The number of hydrogen-bond acceptors (Lipinski definition) is 4. The van der Waals surface area contributed by atoms with Crippen molar-refractivity contribution < 1.29 is 9.90 Å². The Kier molecular flexibility index (Phi) is 5.58. The first kappa shape index (κ1) is 17.0. The number of nitrogens with one attached hydrogen (secondary N) is 1. The van der Waals surface area contributed by atoms with E-state index >= 15 is 0 Å². The van der Waals surface area contributed by atoms with Gasteiger partial charge in [-0.2, -0.15) is 5.10 Å². The Morgan fingerprint density at radius 1 is 1.45 bits per heavy atom. The zero-order valence-electron chi connectivity index (χ0n) is 14.0. The topological polar surface area (TPSA) is 70.4 Å². The number of anilines is 1. The Bertz CT molecular complexity index is 494. The first-order valence-electron chi connectivity index (χ1n) is 8.14. The predicted octanol–water partition coefficient (Wildman–Crippen LogP) is 1.88. The minimum atomic E-state index is -0.449. The van der Waals surface area contributed by atoms with E-state index in [1.54, 1.807) is 13.1 Å². The molecule has 1 heterocycles. The molecule has 0 aromatic carbocycles. The van der Waals surface area contributed by atoms with E-state index in [-0.39, 0.29) is 18.5 Å². The first-order chi connectivity index (χ1) is 10.4. The van der Waals surface area contributed by atoms with Crippen LogP contribution in [0.3, 0.4) is 0 Å². The fourth-order valence-corrected chi connectivity index (χ4v) is 2.68. The lowest BCUT2D eigenvalue weighted by Gasteiger charge is -2.27. The maximum atomic E-state index is 12.3. The van der Waals surface area contributed by atoms with Crippen molar-refractivity contribution >= 4 is 11.7 Å². The Balaban J connectivity index is 1.95. The molecule has 2 atom stereocenters. The lowest BCUT2D eigenvalue weighted by molar-refractivity contribution is -0.118. The SMILES string of the molecule is CC(O)CN(CC(=O)Nc1ccnn1C(C)C1CC1)C(C)C. The lowest BCUT2D eigenvalue weighted by Crippen LogP contribution is -2.42. The Labute approximate surface area is 132 Å². The molecule has 0 spiro atoms. The summed E-state index contributed by atoms with van der Waals surface area (Å²) in [5.74, 6) is 1.36. The van der Waals surface area contributed by atoms with Crippen LogP contribution in [0.5, 0.6) is 0 Å². The zero-order chi connectivity index (χ0) is 16.3. The van der Waals surface area contributed by atoms with Crippen molar-refractivity contribution in [1.29, 1.82) is 0 Å². The third kappa shape index (κ3) is 4.55. The van der Waals surface area contributed by atoms with Crippen molar-refractivity contribution in [2.24, 2.45) is 5.92 Å². The molecular formula is C16H28N4O2. The molecule has 124 valence electrons. The van der Waals surface area contributed by atoms with Crippen molar-refractivity contribution in [3.63, 3.8) is 0 Å². The third-order valence-corrected chi connectivity index (χ3v) is 4.20. The molecule has 22 heavy (non-hydrogen) atoms. The number of hydrogen-bond donors (Lipinski definition) is 2. The van der Waals surface area contributed by atoms with Crippen molar-refractivity contribution in [1.82, 2.24) is 14.7 Å². The third-order valence-electron chi connectivity index (χ3n) is 4.20. The van der Waals surface area contributed by atoms with Crippen LogP contribution in [0.4, 0.5) is 5.82 Å². The number of carbonyl (C=O) groups excluding carboxylic acids is 1. The summed E-state index contributed by atoms with van der Waals surface area (Å²) in [6.07, 6.45) is 3.76. The van der Waals surface area contributed by atoms with Gasteiger partial charge >= 0.3 is 0 Å². The Hall–Kier alpha value is -1.40. The van der Waals surface area contributed by atoms with Gasteiger partial charge in [0, 0.05) is 18.7 Å². The molecule has 1 aromatic heterocycles. The van der Waals surface area contributed by atoms with Crippen molar-refractivity contribution in [2.75, 3.05) is 18.4 Å². The van der Waals surface area contributed by atoms with Crippen LogP contribution in [0, 0.1) is 5.92 Å². The van der Waals surface area contributed by atoms with Crippen LogP contribution < -0.4 is 5.32 Å². The molecule has 0 bridgehead atoms. The van der Waals surface area contributed by atoms with Crippen LogP contribution >= 0.6 is 0 Å². The number of rotatable bonds is 8. The molecule has 0 radical (unpaired) electrons. The molecule has 1 aromatic rings. The largest absolute Gasteiger partial charge is 0.392 e. The molecular weight excluding hydrogens is 280 g/mol. The van der Waals surface area contributed by atoms with Gasteiger partial charge in [-0.3, -0.25) is 9.69 Å². The average molecular weight is 308 g/mol. The maximum Gasteiger partial charge on any atom is 0.239 e. The molecule has 1 aliphatic rings. The number of aromatic nitrogens is 2. The quantitative estimate of drug-likeness (QED) is 0.769. The van der Waals surface area contributed by atoms with Crippen molar-refractivity contribution in [2.45, 2.75) is 58.7 Å². The molecule has 0 saturated heterocycles. The molecule has 0 aliphatic heterocycles. The number of aliphatic hydroxyl groups excluding tert-OH is 1. The number of carbonyl (C=O) groups is 1. The summed E-state index contributed by atoms with van der Waals surface area (Å²) < 4.78 is 1.91. The summed E-state index contributed by atoms with van der Waals surface area (Å²) in [7, 11) is 0. The van der Waals surface area contributed by atoms with Gasteiger partial charge in [-0.15, -0.1) is 0 Å². The molecule has 2 unspecified atom stereocenters. The number of nitrogens with zero attached hydrogens (tertiary/aromatic N) is 3. The lowest BCUT2D eigenvalue weighted by atomic mass is 10.2. The number of amides is 1. The number of aliphatic hydroxyl groups is 1. The molecule has 1 amide bonds. The highest BCUT2D eigenvalue weighted by atomic mass is 16.3. The fraction of sp³-hybridized carbons (Fsp3) is 0.750. The minimum Gasteiger partial charge on any atom is -0.392 e. The van der Waals surface area contributed by atoms with Gasteiger partial charge in [0.1, 0.15) is 5.82 Å². The highest BCUT2D eigenvalue weighted by Crippen LogP contribution is 2.40. The highest BCUT2D eigenvalue weighted by molar-refractivity contribution is 5.91. The van der Waals surface area contributed by atoms with Crippen LogP contribution in [0.2, 0.25) is 0 Å². The van der Waals surface area contributed by atoms with Gasteiger partial charge in [-0.1, -0.05) is 0 Å². The van der Waals surface area contributed by atoms with Gasteiger partial charge in [0.15, 0.2) is 0 Å². The standard InChI is InChI=1S/C16H28N4O2/c1-11(2)19(9-12(3)21)10-16(22)18-15-7-8-17-20(15)13(4)14-5-6-14/h7-8,11-14,21H,5-6,9-10H2,1-4H3,(H,18,22). The summed E-state index contributed by atoms with van der Waals surface area (Å²) in [5, 5.41) is 16.8. The fourth-order valence-electron chi connectivity index (χ4n) is 2.68. The van der Waals surface area contributed by atoms with Crippen LogP contribution in [0.1, 0.15) is 46.6 Å². The molecule has 2 rings (SSSR count). The minimum absolute atomic E-state index is 0.0703. The van der Waals surface area contributed by atoms with Crippen molar-refractivity contribution in [3.05, 3.63) is 12.3 Å². The Morgan fingerprint density at radius 2 is 2.14 bits per heavy atom. The van der Waals surface area contributed by atoms with Crippen LogP contribution in [0.15, 0.2) is 12.3 Å². The van der Waals surface area contributed by atoms with E-state index in [1.165, 1.54) is 12.8 Å². The van der Waals surface area contributed by atoms with E-state index in [0.717, 1.165) is 5.82 Å². The van der Waals surface area contributed by atoms with Gasteiger partial charge in [0.05, 0.1) is 24.9 Å². The van der Waals surface area contributed by atoms with Crippen LogP contribution in [0.25, 0.3) is 0 Å². The molecule has 6 nitrogen and oxygen atoms in total. The highest BCUT2D eigenvalue weighted by Gasteiger charge is 2.30. The van der Waals surface area contributed by atoms with Gasteiger partial charge in [0.2, 0.25) is 5.91 Å². The summed E-state index contributed by atoms with van der Waals surface area (Å²) in [6, 6.07) is 2.37. The molecule has 6 heteroatoms. The van der Waals surface area contributed by atoms with Gasteiger partial charge < -0.3 is 10.4 Å². The van der Waals surface area contributed by atoms with E-state index in [0.29, 0.717) is 18.5 Å². The molecule has 1 saturated carbocycles. The van der Waals surface area contributed by atoms with Crippen LogP contribution in [-0.2, 0) is 4.79 Å². The van der Waals surface area contributed by atoms with Gasteiger partial charge in [0.25, 0.3) is 0 Å². The second-order valence-corrected chi connectivity index (χ2v) is 6.66. The monoisotopic (exact) mass is 308 g/mol. The zero-order valence-corrected chi connectivity index (χ0v) is 14.0. The van der Waals surface area contributed by atoms with Gasteiger partial charge in [-0.05, 0) is 46.5 Å². The van der Waals surface area contributed by atoms with Gasteiger partial charge in [-0.25, -0.2) is 4.68 Å². The Morgan fingerprint density at radius 3 is 2.68 bits per heavy atom. The molecule has 2 N–H and O–H groups in total. The summed E-state index contributed by atoms with van der Waals surface area (Å²) >= 11 is 0. The van der Waals surface area contributed by atoms with E-state index in [9.17, 15) is 9.90 Å². The summed E-state index contributed by atoms with van der Waals surface area (Å²) in [6.45, 7) is 8.69. The summed E-state index contributed by atoms with van der Waals surface area (Å²) in [4.78, 5) is 14.3.